The molecular weight excluding hydrogens is 257 g/mol. The molecule has 0 aromatic carbocycles. The predicted octanol–water partition coefficient (Wildman–Crippen LogP) is 3.78. The Kier molecular flexibility index (Phi) is 4.17. The fourth-order valence-corrected chi connectivity index (χ4v) is 2.28. The lowest BCUT2D eigenvalue weighted by molar-refractivity contribution is -0.137. The molecule has 1 aromatic heterocycles. The van der Waals surface area contributed by atoms with Gasteiger partial charge in [0.15, 0.2) is 0 Å². The average Bonchev–Trinajstić information content (AvgIpc) is 2.55. The Morgan fingerprint density at radius 3 is 2.32 bits per heavy atom. The number of pyridine rings is 1. The van der Waals surface area contributed by atoms with Crippen LogP contribution in [0.5, 0.6) is 5.88 Å². The van der Waals surface area contributed by atoms with Crippen molar-refractivity contribution < 1.29 is 17.9 Å². The standard InChI is InChI=1S/C13H17F3N2O/c14-13(15,16)9-7-11(17)18-12(8-9)19-10-5-3-1-2-4-6-10/h7-8,10H,1-6H2,(H2,17,18). The lowest BCUT2D eigenvalue weighted by atomic mass is 10.1. The molecular formula is C13H17F3N2O. The molecule has 19 heavy (non-hydrogen) atoms. The fourth-order valence-electron chi connectivity index (χ4n) is 2.28. The molecule has 0 aliphatic heterocycles. The van der Waals surface area contributed by atoms with Crippen molar-refractivity contribution >= 4 is 5.82 Å². The number of nitrogen functional groups attached to an aromatic ring is 1. The molecule has 1 aliphatic carbocycles. The zero-order chi connectivity index (χ0) is 13.9. The Morgan fingerprint density at radius 2 is 1.74 bits per heavy atom. The second-order valence-electron chi connectivity index (χ2n) is 4.85. The van der Waals surface area contributed by atoms with Gasteiger partial charge in [-0.2, -0.15) is 18.2 Å². The highest BCUT2D eigenvalue weighted by Gasteiger charge is 2.32. The molecule has 2 N–H and O–H groups in total. The molecule has 1 aromatic rings. The highest BCUT2D eigenvalue weighted by atomic mass is 19.4. The van der Waals surface area contributed by atoms with Gasteiger partial charge in [-0.1, -0.05) is 12.8 Å². The average molecular weight is 274 g/mol. The minimum atomic E-state index is -4.43. The molecule has 2 rings (SSSR count). The van der Waals surface area contributed by atoms with Crippen LogP contribution < -0.4 is 10.5 Å². The molecule has 0 spiro atoms. The Balaban J connectivity index is 2.13. The number of alkyl halides is 3. The molecule has 6 heteroatoms. The Morgan fingerprint density at radius 1 is 1.11 bits per heavy atom. The van der Waals surface area contributed by atoms with E-state index in [9.17, 15) is 13.2 Å². The van der Waals surface area contributed by atoms with E-state index in [4.69, 9.17) is 10.5 Å². The van der Waals surface area contributed by atoms with Gasteiger partial charge in [0.25, 0.3) is 0 Å². The third-order valence-corrected chi connectivity index (χ3v) is 3.24. The van der Waals surface area contributed by atoms with Crippen LogP contribution in [0.3, 0.4) is 0 Å². The van der Waals surface area contributed by atoms with Crippen molar-refractivity contribution in [2.45, 2.75) is 50.8 Å². The van der Waals surface area contributed by atoms with Crippen LogP contribution in [0.25, 0.3) is 0 Å². The van der Waals surface area contributed by atoms with Crippen molar-refractivity contribution in [3.8, 4) is 5.88 Å². The molecule has 1 saturated carbocycles. The van der Waals surface area contributed by atoms with Crippen LogP contribution in [0.2, 0.25) is 0 Å². The zero-order valence-corrected chi connectivity index (χ0v) is 10.5. The lowest BCUT2D eigenvalue weighted by Crippen LogP contribution is -2.17. The molecule has 1 fully saturated rings. The van der Waals surface area contributed by atoms with Crippen LogP contribution in [0.4, 0.5) is 19.0 Å². The molecule has 0 unspecified atom stereocenters. The predicted molar refractivity (Wildman–Crippen MR) is 65.8 cm³/mol. The second-order valence-corrected chi connectivity index (χ2v) is 4.85. The van der Waals surface area contributed by atoms with Crippen LogP contribution in [0.15, 0.2) is 12.1 Å². The topological polar surface area (TPSA) is 48.1 Å². The van der Waals surface area contributed by atoms with Gasteiger partial charge in [-0.25, -0.2) is 0 Å². The van der Waals surface area contributed by atoms with Crippen molar-refractivity contribution in [1.29, 1.82) is 0 Å². The Bertz CT molecular complexity index is 426. The van der Waals surface area contributed by atoms with E-state index in [0.717, 1.165) is 50.7 Å². The van der Waals surface area contributed by atoms with E-state index in [0.29, 0.717) is 0 Å². The van der Waals surface area contributed by atoms with E-state index in [-0.39, 0.29) is 17.8 Å². The summed E-state index contributed by atoms with van der Waals surface area (Å²) < 4.78 is 43.5. The van der Waals surface area contributed by atoms with Crippen molar-refractivity contribution in [3.63, 3.8) is 0 Å². The maximum Gasteiger partial charge on any atom is 0.416 e. The first-order chi connectivity index (χ1) is 8.95. The number of aromatic nitrogens is 1. The van der Waals surface area contributed by atoms with Crippen molar-refractivity contribution in [1.82, 2.24) is 4.98 Å². The summed E-state index contributed by atoms with van der Waals surface area (Å²) in [5.41, 5.74) is 4.58. The number of halogens is 3. The Labute approximate surface area is 110 Å². The SMILES string of the molecule is Nc1cc(C(F)(F)F)cc(OC2CCCCCC2)n1. The van der Waals surface area contributed by atoms with E-state index >= 15 is 0 Å². The van der Waals surface area contributed by atoms with Crippen molar-refractivity contribution in [3.05, 3.63) is 17.7 Å². The number of hydrogen-bond donors (Lipinski definition) is 1. The monoisotopic (exact) mass is 274 g/mol. The number of ether oxygens (including phenoxy) is 1. The first kappa shape index (κ1) is 14.0. The van der Waals surface area contributed by atoms with E-state index in [1.54, 1.807) is 0 Å². The minimum Gasteiger partial charge on any atom is -0.474 e. The van der Waals surface area contributed by atoms with Gasteiger partial charge in [0, 0.05) is 6.07 Å². The number of nitrogens with zero attached hydrogens (tertiary/aromatic N) is 1. The van der Waals surface area contributed by atoms with E-state index in [1.165, 1.54) is 0 Å². The molecule has 1 heterocycles. The van der Waals surface area contributed by atoms with Crippen LogP contribution in [0.1, 0.15) is 44.1 Å². The summed E-state index contributed by atoms with van der Waals surface area (Å²) in [5, 5.41) is 0. The maximum atomic E-state index is 12.7. The van der Waals surface area contributed by atoms with E-state index in [1.807, 2.05) is 0 Å². The van der Waals surface area contributed by atoms with Gasteiger partial charge in [0.2, 0.25) is 5.88 Å². The second kappa shape index (κ2) is 5.67. The van der Waals surface area contributed by atoms with Crippen LogP contribution in [-0.4, -0.2) is 11.1 Å². The van der Waals surface area contributed by atoms with Gasteiger partial charge in [-0.05, 0) is 31.7 Å². The third-order valence-electron chi connectivity index (χ3n) is 3.24. The highest BCUT2D eigenvalue weighted by Crippen LogP contribution is 2.32. The van der Waals surface area contributed by atoms with Crippen LogP contribution in [-0.2, 0) is 6.18 Å². The molecule has 0 bridgehead atoms. The molecule has 106 valence electrons. The van der Waals surface area contributed by atoms with Gasteiger partial charge in [-0.15, -0.1) is 0 Å². The summed E-state index contributed by atoms with van der Waals surface area (Å²) in [4.78, 5) is 3.83. The van der Waals surface area contributed by atoms with Gasteiger partial charge in [-0.3, -0.25) is 0 Å². The van der Waals surface area contributed by atoms with Gasteiger partial charge in [0.1, 0.15) is 11.9 Å². The quantitative estimate of drug-likeness (QED) is 0.835. The molecule has 0 saturated heterocycles. The summed E-state index contributed by atoms with van der Waals surface area (Å²) in [6.45, 7) is 0. The van der Waals surface area contributed by atoms with Gasteiger partial charge >= 0.3 is 6.18 Å². The summed E-state index contributed by atoms with van der Waals surface area (Å²) in [5.74, 6) is -0.197. The van der Waals surface area contributed by atoms with Crippen LogP contribution in [0, 0.1) is 0 Å². The molecule has 1 aliphatic rings. The normalized spacial score (nSPS) is 18.1. The summed E-state index contributed by atoms with van der Waals surface area (Å²) in [6, 6.07) is 1.74. The van der Waals surface area contributed by atoms with E-state index < -0.39 is 11.7 Å². The first-order valence-electron chi connectivity index (χ1n) is 6.46. The van der Waals surface area contributed by atoms with E-state index in [2.05, 4.69) is 4.98 Å². The number of rotatable bonds is 2. The highest BCUT2D eigenvalue weighted by molar-refractivity contribution is 5.38. The fraction of sp³-hybridized carbons (Fsp3) is 0.615. The lowest BCUT2D eigenvalue weighted by Gasteiger charge is -2.17. The number of anilines is 1. The minimum absolute atomic E-state index is 0.0285. The van der Waals surface area contributed by atoms with Crippen molar-refractivity contribution in [2.24, 2.45) is 0 Å². The maximum absolute atomic E-state index is 12.7. The van der Waals surface area contributed by atoms with Crippen LogP contribution >= 0.6 is 0 Å². The molecule has 3 nitrogen and oxygen atoms in total. The van der Waals surface area contributed by atoms with Crippen molar-refractivity contribution in [2.75, 3.05) is 5.73 Å². The van der Waals surface area contributed by atoms with Gasteiger partial charge < -0.3 is 10.5 Å². The number of nitrogens with two attached hydrogens (primary N) is 1. The molecule has 0 amide bonds. The summed E-state index contributed by atoms with van der Waals surface area (Å²) in [7, 11) is 0. The third kappa shape index (κ3) is 4.01. The largest absolute Gasteiger partial charge is 0.474 e. The van der Waals surface area contributed by atoms with Gasteiger partial charge in [0.05, 0.1) is 5.56 Å². The smallest absolute Gasteiger partial charge is 0.416 e. The Hall–Kier alpha value is -1.46. The zero-order valence-electron chi connectivity index (χ0n) is 10.5. The summed E-state index contributed by atoms with van der Waals surface area (Å²) in [6.07, 6.45) is 1.61. The number of hydrogen-bond acceptors (Lipinski definition) is 3. The molecule has 0 atom stereocenters. The molecule has 0 radical (unpaired) electrons. The first-order valence-corrected chi connectivity index (χ1v) is 6.46. The summed E-state index contributed by atoms with van der Waals surface area (Å²) >= 11 is 0.